The molecule has 1 aliphatic heterocycles. The normalized spacial score (nSPS) is 27.2. The molecule has 5 aliphatic rings. The van der Waals surface area contributed by atoms with Crippen LogP contribution in [0.1, 0.15) is 72.3 Å². The number of pyridine rings is 2. The van der Waals surface area contributed by atoms with Gasteiger partial charge in [-0.05, 0) is 118 Å². The van der Waals surface area contributed by atoms with Crippen LogP contribution in [-0.4, -0.2) is 78.2 Å². The second-order valence-corrected chi connectivity index (χ2v) is 16.0. The predicted octanol–water partition coefficient (Wildman–Crippen LogP) is 4.48. The molecule has 3 heterocycles. The lowest BCUT2D eigenvalue weighted by Gasteiger charge is -2.90. The summed E-state index contributed by atoms with van der Waals surface area (Å²) in [4.78, 5) is 51.8. The van der Waals surface area contributed by atoms with Crippen LogP contribution in [0.3, 0.4) is 0 Å². The van der Waals surface area contributed by atoms with E-state index >= 15 is 0 Å². The summed E-state index contributed by atoms with van der Waals surface area (Å²) in [6, 6.07) is 9.79. The first-order valence-corrected chi connectivity index (χ1v) is 18.7. The van der Waals surface area contributed by atoms with Gasteiger partial charge in [-0.2, -0.15) is 0 Å². The zero-order chi connectivity index (χ0) is 35.7. The third-order valence-electron chi connectivity index (χ3n) is 13.0. The van der Waals surface area contributed by atoms with Crippen LogP contribution >= 0.6 is 0 Å². The van der Waals surface area contributed by atoms with E-state index in [2.05, 4.69) is 30.7 Å². The number of benzene rings is 1. The minimum atomic E-state index is -0.360. The molecule has 5 N–H and O–H groups in total. The Labute approximate surface area is 299 Å². The Kier molecular flexibility index (Phi) is 8.32. The molecule has 8 rings (SSSR count). The summed E-state index contributed by atoms with van der Waals surface area (Å²) < 4.78 is 0. The summed E-state index contributed by atoms with van der Waals surface area (Å²) in [6.45, 7) is 13.0. The monoisotopic (exact) mass is 690 g/mol. The number of aromatic nitrogens is 2. The van der Waals surface area contributed by atoms with Gasteiger partial charge in [-0.1, -0.05) is 0 Å². The molecular formula is C40H50N8O3. The molecule has 3 aromatic rings. The maximum absolute atomic E-state index is 13.6. The number of nitrogens with zero attached hydrogens (tertiary/aromatic N) is 3. The summed E-state index contributed by atoms with van der Waals surface area (Å²) in [5.41, 5.74) is 5.49. The quantitative estimate of drug-likeness (QED) is 0.176. The van der Waals surface area contributed by atoms with Gasteiger partial charge in [0, 0.05) is 92.3 Å². The van der Waals surface area contributed by atoms with Crippen LogP contribution in [0.4, 0.5) is 11.5 Å². The fourth-order valence-electron chi connectivity index (χ4n) is 10.7. The lowest BCUT2D eigenvalue weighted by molar-refractivity contribution is -0.413. The van der Waals surface area contributed by atoms with Gasteiger partial charge in [0.1, 0.15) is 5.82 Å². The van der Waals surface area contributed by atoms with Crippen molar-refractivity contribution in [3.05, 3.63) is 74.8 Å². The fourth-order valence-corrected chi connectivity index (χ4v) is 10.7. The van der Waals surface area contributed by atoms with Crippen LogP contribution < -0.4 is 26.4 Å². The predicted molar refractivity (Wildman–Crippen MR) is 199 cm³/mol. The number of H-pyrrole nitrogens is 1. The molecule has 1 spiro atoms. The molecular weight excluding hydrogens is 640 g/mol. The third kappa shape index (κ3) is 5.29. The van der Waals surface area contributed by atoms with Gasteiger partial charge in [0.2, 0.25) is 5.91 Å². The van der Waals surface area contributed by atoms with E-state index in [4.69, 9.17) is 10.4 Å². The average molecular weight is 691 g/mol. The van der Waals surface area contributed by atoms with E-state index in [0.29, 0.717) is 33.7 Å². The highest BCUT2D eigenvalue weighted by Crippen LogP contribution is 2.92. The van der Waals surface area contributed by atoms with E-state index in [1.807, 2.05) is 58.2 Å². The van der Waals surface area contributed by atoms with Crippen molar-refractivity contribution in [3.63, 3.8) is 0 Å². The molecule has 11 nitrogen and oxygen atoms in total. The number of rotatable bonds is 12. The molecule has 1 aromatic carbocycles. The SMILES string of the molecule is Cc1cc(C)c(CNC(=O)c2cc(-c3ccc(N4CCN(CCNC(=O)C56CC7CC8CC(C5)C876)CC4)nc3)cc(NC(C)C)c2C=N)c(=O)[nH]1. The fraction of sp³-hybridized carbons (Fsp3) is 0.525. The largest absolute Gasteiger partial charge is 0.382 e. The maximum Gasteiger partial charge on any atom is 0.253 e. The minimum absolute atomic E-state index is 0.00867. The average Bonchev–Trinajstić information content (AvgIpc) is 3.06. The second-order valence-electron chi connectivity index (χ2n) is 16.0. The van der Waals surface area contributed by atoms with Gasteiger partial charge < -0.3 is 31.2 Å². The number of piperazine rings is 1. The molecule has 1 saturated heterocycles. The van der Waals surface area contributed by atoms with E-state index in [0.717, 1.165) is 98.1 Å². The molecule has 2 atom stereocenters. The lowest BCUT2D eigenvalue weighted by Crippen LogP contribution is -2.88. The lowest BCUT2D eigenvalue weighted by atomic mass is 9.13. The summed E-state index contributed by atoms with van der Waals surface area (Å²) in [6.07, 6.45) is 8.07. The Balaban J connectivity index is 0.894. The Hall–Kier alpha value is -4.51. The van der Waals surface area contributed by atoms with Crippen LogP contribution in [0.15, 0.2) is 41.3 Å². The second kappa shape index (κ2) is 12.6. The molecule has 0 bridgehead atoms. The number of carbonyl (C=O) groups is 2. The van der Waals surface area contributed by atoms with Crippen LogP contribution in [0.25, 0.3) is 11.1 Å². The zero-order valence-corrected chi connectivity index (χ0v) is 30.2. The highest BCUT2D eigenvalue weighted by molar-refractivity contribution is 6.06. The molecule has 2 amide bonds. The van der Waals surface area contributed by atoms with E-state index < -0.39 is 0 Å². The van der Waals surface area contributed by atoms with Crippen molar-refractivity contribution < 1.29 is 9.59 Å². The number of carbonyl (C=O) groups excluding carboxylic acids is 2. The van der Waals surface area contributed by atoms with Crippen molar-refractivity contribution in [1.82, 2.24) is 25.5 Å². The number of nitrogens with one attached hydrogen (secondary N) is 5. The Morgan fingerprint density at radius 3 is 2.37 bits per heavy atom. The summed E-state index contributed by atoms with van der Waals surface area (Å²) in [5, 5.41) is 17.8. The van der Waals surface area contributed by atoms with Crippen molar-refractivity contribution in [2.24, 2.45) is 28.6 Å². The van der Waals surface area contributed by atoms with Gasteiger partial charge in [0.05, 0.1) is 11.0 Å². The van der Waals surface area contributed by atoms with Crippen molar-refractivity contribution in [2.75, 3.05) is 49.5 Å². The molecule has 4 aliphatic carbocycles. The molecule has 2 aromatic heterocycles. The molecule has 11 heteroatoms. The Bertz CT molecular complexity index is 1920. The Morgan fingerprint density at radius 1 is 1.02 bits per heavy atom. The number of amides is 2. The first-order valence-electron chi connectivity index (χ1n) is 18.7. The van der Waals surface area contributed by atoms with Gasteiger partial charge in [0.25, 0.3) is 11.5 Å². The topological polar surface area (TPSA) is 146 Å². The minimum Gasteiger partial charge on any atom is -0.382 e. The third-order valence-corrected chi connectivity index (χ3v) is 13.0. The van der Waals surface area contributed by atoms with Gasteiger partial charge >= 0.3 is 0 Å². The van der Waals surface area contributed by atoms with E-state index in [9.17, 15) is 14.4 Å². The number of hydrogen-bond donors (Lipinski definition) is 5. The summed E-state index contributed by atoms with van der Waals surface area (Å²) in [7, 11) is 0. The number of anilines is 2. The van der Waals surface area contributed by atoms with E-state index in [1.165, 1.54) is 19.1 Å². The summed E-state index contributed by atoms with van der Waals surface area (Å²) >= 11 is 0. The zero-order valence-electron chi connectivity index (χ0n) is 30.2. The van der Waals surface area contributed by atoms with Crippen LogP contribution in [-0.2, 0) is 11.3 Å². The molecule has 5 fully saturated rings. The Morgan fingerprint density at radius 2 is 1.76 bits per heavy atom. The first kappa shape index (κ1) is 33.6. The van der Waals surface area contributed by atoms with Gasteiger partial charge in [-0.25, -0.2) is 4.98 Å². The highest BCUT2D eigenvalue weighted by atomic mass is 16.2. The van der Waals surface area contributed by atoms with Gasteiger partial charge in [0.15, 0.2) is 0 Å². The van der Waals surface area contributed by atoms with Crippen molar-refractivity contribution in [1.29, 1.82) is 5.41 Å². The molecule has 268 valence electrons. The number of aromatic amines is 1. The van der Waals surface area contributed by atoms with Crippen molar-refractivity contribution >= 4 is 29.5 Å². The van der Waals surface area contributed by atoms with E-state index in [1.54, 1.807) is 6.07 Å². The molecule has 2 unspecified atom stereocenters. The smallest absolute Gasteiger partial charge is 0.253 e. The van der Waals surface area contributed by atoms with Crippen LogP contribution in [0, 0.1) is 47.8 Å². The van der Waals surface area contributed by atoms with Crippen molar-refractivity contribution in [2.45, 2.75) is 66.0 Å². The number of aryl methyl sites for hydroxylation is 2. The highest BCUT2D eigenvalue weighted by Gasteiger charge is 2.89. The van der Waals surface area contributed by atoms with Gasteiger partial charge in [-0.15, -0.1) is 0 Å². The van der Waals surface area contributed by atoms with Crippen molar-refractivity contribution in [3.8, 4) is 11.1 Å². The molecule has 4 saturated carbocycles. The summed E-state index contributed by atoms with van der Waals surface area (Å²) in [5.74, 6) is 3.43. The molecule has 51 heavy (non-hydrogen) atoms. The van der Waals surface area contributed by atoms with Gasteiger partial charge in [-0.3, -0.25) is 19.3 Å². The number of hydrogen-bond acceptors (Lipinski definition) is 8. The first-order chi connectivity index (χ1) is 24.5. The van der Waals surface area contributed by atoms with Crippen LogP contribution in [0.2, 0.25) is 0 Å². The maximum atomic E-state index is 13.6. The standard InChI is InChI=1S/C40H50N8O3/c1-23(2)45-34-15-27(14-31(32(34)20-41)36(49)44-22-33-24(3)13-25(4)46-37(33)50)26-5-6-35(43-21-26)48-11-9-47(10-12-48)8-7-42-38(51)39-18-29-16-28-17-30(19-39)40(28,29)39/h5-6,13-15,20-21,23,28-30,41,45H,7-12,16-19,22H2,1-4H3,(H,42,51)(H,44,49)(H,46,50). The van der Waals surface area contributed by atoms with Crippen LogP contribution in [0.5, 0.6) is 0 Å². The van der Waals surface area contributed by atoms with E-state index in [-0.39, 0.29) is 29.5 Å². The molecule has 0 radical (unpaired) electrons.